The van der Waals surface area contributed by atoms with Gasteiger partial charge in [-0.15, -0.1) is 0 Å². The number of para-hydroxylation sites is 1. The van der Waals surface area contributed by atoms with Crippen molar-refractivity contribution in [1.82, 2.24) is 20.2 Å². The first-order chi connectivity index (χ1) is 13.5. The molecular formula is C20H19ClN4O3. The molecule has 144 valence electrons. The summed E-state index contributed by atoms with van der Waals surface area (Å²) in [4.78, 5) is 44.8. The van der Waals surface area contributed by atoms with E-state index in [2.05, 4.69) is 15.3 Å². The van der Waals surface area contributed by atoms with Gasteiger partial charge in [0.05, 0.1) is 10.9 Å². The van der Waals surface area contributed by atoms with Gasteiger partial charge in [0.2, 0.25) is 0 Å². The number of rotatable bonds is 6. The van der Waals surface area contributed by atoms with Crippen LogP contribution in [0.3, 0.4) is 0 Å². The van der Waals surface area contributed by atoms with E-state index in [1.54, 1.807) is 60.5 Å². The number of fused-ring (bicyclic) bond motifs is 1. The van der Waals surface area contributed by atoms with Crippen LogP contribution in [0.15, 0.2) is 53.3 Å². The van der Waals surface area contributed by atoms with Crippen LogP contribution in [0.4, 0.5) is 0 Å². The third-order valence-corrected chi connectivity index (χ3v) is 4.47. The second kappa shape index (κ2) is 8.67. The lowest BCUT2D eigenvalue weighted by Crippen LogP contribution is -2.32. The monoisotopic (exact) mass is 398 g/mol. The van der Waals surface area contributed by atoms with Crippen molar-refractivity contribution >= 4 is 34.3 Å². The van der Waals surface area contributed by atoms with Gasteiger partial charge >= 0.3 is 0 Å². The summed E-state index contributed by atoms with van der Waals surface area (Å²) in [5, 5.41) is 3.71. The van der Waals surface area contributed by atoms with Gasteiger partial charge in [-0.3, -0.25) is 14.4 Å². The highest BCUT2D eigenvalue weighted by Gasteiger charge is 2.13. The van der Waals surface area contributed by atoms with Crippen molar-refractivity contribution in [2.24, 2.45) is 0 Å². The summed E-state index contributed by atoms with van der Waals surface area (Å²) in [7, 11) is 1.70. The van der Waals surface area contributed by atoms with Crippen LogP contribution >= 0.6 is 11.6 Å². The van der Waals surface area contributed by atoms with Crippen molar-refractivity contribution < 1.29 is 9.59 Å². The van der Waals surface area contributed by atoms with Crippen LogP contribution in [0.2, 0.25) is 5.02 Å². The molecule has 0 bridgehead atoms. The van der Waals surface area contributed by atoms with E-state index in [1.807, 2.05) is 0 Å². The van der Waals surface area contributed by atoms with E-state index in [4.69, 9.17) is 11.6 Å². The molecule has 0 aliphatic carbocycles. The molecule has 8 heteroatoms. The average molecular weight is 399 g/mol. The molecule has 2 amide bonds. The maximum Gasteiger partial charge on any atom is 0.287 e. The molecule has 0 saturated heterocycles. The highest BCUT2D eigenvalue weighted by atomic mass is 35.5. The fourth-order valence-corrected chi connectivity index (χ4v) is 2.84. The number of carbonyl (C=O) groups excluding carboxylic acids is 2. The van der Waals surface area contributed by atoms with Gasteiger partial charge in [-0.1, -0.05) is 23.7 Å². The molecule has 2 N–H and O–H groups in total. The molecule has 0 aliphatic heterocycles. The molecule has 0 unspecified atom stereocenters. The molecule has 0 spiro atoms. The maximum absolute atomic E-state index is 12.3. The fraction of sp³-hybridized carbons (Fsp3) is 0.200. The zero-order valence-corrected chi connectivity index (χ0v) is 16.0. The standard InChI is InChI=1S/C20H19ClN4O3/c1-25(20(28)13-7-9-14(21)10-8-13)12-4-11-22-19(27)17-23-16-6-3-2-5-15(16)18(26)24-17/h2-3,5-10H,4,11-12H2,1H3,(H,22,27)(H,23,24,26). The first-order valence-corrected chi connectivity index (χ1v) is 9.12. The van der Waals surface area contributed by atoms with Gasteiger partial charge in [0.1, 0.15) is 0 Å². The number of carbonyl (C=O) groups is 2. The molecule has 0 aliphatic rings. The molecule has 0 saturated carbocycles. The smallest absolute Gasteiger partial charge is 0.287 e. The zero-order chi connectivity index (χ0) is 20.1. The summed E-state index contributed by atoms with van der Waals surface area (Å²) in [6, 6.07) is 13.5. The molecule has 3 aromatic rings. The summed E-state index contributed by atoms with van der Waals surface area (Å²) in [5.74, 6) is -0.618. The van der Waals surface area contributed by atoms with Gasteiger partial charge in [0, 0.05) is 30.7 Å². The number of amides is 2. The van der Waals surface area contributed by atoms with Crippen LogP contribution in [0, 0.1) is 0 Å². The molecule has 0 radical (unpaired) electrons. The van der Waals surface area contributed by atoms with E-state index in [0.29, 0.717) is 41.0 Å². The Bertz CT molecular complexity index is 1060. The van der Waals surface area contributed by atoms with E-state index in [1.165, 1.54) is 0 Å². The first-order valence-electron chi connectivity index (χ1n) is 8.74. The van der Waals surface area contributed by atoms with Gasteiger partial charge in [0.25, 0.3) is 17.4 Å². The van der Waals surface area contributed by atoms with Gasteiger partial charge < -0.3 is 15.2 Å². The highest BCUT2D eigenvalue weighted by Crippen LogP contribution is 2.11. The molecule has 2 aromatic carbocycles. The second-order valence-electron chi connectivity index (χ2n) is 6.27. The fourth-order valence-electron chi connectivity index (χ4n) is 2.71. The number of H-pyrrole nitrogens is 1. The summed E-state index contributed by atoms with van der Waals surface area (Å²) in [6.07, 6.45) is 0.555. The Hall–Kier alpha value is -3.19. The number of nitrogens with one attached hydrogen (secondary N) is 2. The lowest BCUT2D eigenvalue weighted by atomic mass is 10.2. The number of nitrogens with zero attached hydrogens (tertiary/aromatic N) is 2. The van der Waals surface area contributed by atoms with E-state index in [-0.39, 0.29) is 17.3 Å². The number of aromatic amines is 1. The Labute approximate surface area is 166 Å². The predicted octanol–water partition coefficient (Wildman–Crippen LogP) is 2.47. The number of aromatic nitrogens is 2. The molecule has 7 nitrogen and oxygen atoms in total. The van der Waals surface area contributed by atoms with Crippen molar-refractivity contribution in [3.05, 3.63) is 75.3 Å². The van der Waals surface area contributed by atoms with Crippen molar-refractivity contribution in [3.8, 4) is 0 Å². The molecule has 1 heterocycles. The van der Waals surface area contributed by atoms with Crippen molar-refractivity contribution in [1.29, 1.82) is 0 Å². The van der Waals surface area contributed by atoms with E-state index in [0.717, 1.165) is 0 Å². The van der Waals surface area contributed by atoms with Crippen LogP contribution in [0.1, 0.15) is 27.4 Å². The van der Waals surface area contributed by atoms with Gasteiger partial charge in [-0.2, -0.15) is 0 Å². The summed E-state index contributed by atoms with van der Waals surface area (Å²) < 4.78 is 0. The van der Waals surface area contributed by atoms with Crippen LogP contribution in [0.25, 0.3) is 10.9 Å². The van der Waals surface area contributed by atoms with E-state index in [9.17, 15) is 14.4 Å². The lowest BCUT2D eigenvalue weighted by Gasteiger charge is -2.17. The van der Waals surface area contributed by atoms with Crippen LogP contribution < -0.4 is 10.9 Å². The van der Waals surface area contributed by atoms with Crippen LogP contribution in [0.5, 0.6) is 0 Å². The quantitative estimate of drug-likeness (QED) is 0.623. The number of hydrogen-bond acceptors (Lipinski definition) is 4. The Kier molecular flexibility index (Phi) is 6.06. The van der Waals surface area contributed by atoms with E-state index >= 15 is 0 Å². The Morgan fingerprint density at radius 2 is 1.86 bits per heavy atom. The van der Waals surface area contributed by atoms with Crippen molar-refractivity contribution in [2.45, 2.75) is 6.42 Å². The molecular weight excluding hydrogens is 380 g/mol. The number of benzene rings is 2. The predicted molar refractivity (Wildman–Crippen MR) is 108 cm³/mol. The topological polar surface area (TPSA) is 95.2 Å². The second-order valence-corrected chi connectivity index (χ2v) is 6.71. The van der Waals surface area contributed by atoms with Crippen molar-refractivity contribution in [3.63, 3.8) is 0 Å². The van der Waals surface area contributed by atoms with Gasteiger partial charge in [-0.05, 0) is 42.8 Å². The zero-order valence-electron chi connectivity index (χ0n) is 15.2. The summed E-state index contributed by atoms with van der Waals surface area (Å²) in [5.41, 5.74) is 0.655. The molecule has 0 fully saturated rings. The minimum atomic E-state index is -0.463. The summed E-state index contributed by atoms with van der Waals surface area (Å²) in [6.45, 7) is 0.803. The summed E-state index contributed by atoms with van der Waals surface area (Å²) >= 11 is 5.83. The Morgan fingerprint density at radius 1 is 1.14 bits per heavy atom. The molecule has 3 rings (SSSR count). The Balaban J connectivity index is 1.52. The van der Waals surface area contributed by atoms with Crippen LogP contribution in [-0.2, 0) is 0 Å². The van der Waals surface area contributed by atoms with Gasteiger partial charge in [0.15, 0.2) is 5.82 Å². The van der Waals surface area contributed by atoms with E-state index < -0.39 is 5.91 Å². The highest BCUT2D eigenvalue weighted by molar-refractivity contribution is 6.30. The first kappa shape index (κ1) is 19.6. The third-order valence-electron chi connectivity index (χ3n) is 4.22. The average Bonchev–Trinajstić information content (AvgIpc) is 2.71. The van der Waals surface area contributed by atoms with Gasteiger partial charge in [-0.25, -0.2) is 4.98 Å². The number of halogens is 1. The molecule has 1 aromatic heterocycles. The largest absolute Gasteiger partial charge is 0.349 e. The molecule has 28 heavy (non-hydrogen) atoms. The van der Waals surface area contributed by atoms with Crippen LogP contribution in [-0.4, -0.2) is 46.8 Å². The minimum Gasteiger partial charge on any atom is -0.349 e. The maximum atomic E-state index is 12.3. The molecule has 0 atom stereocenters. The minimum absolute atomic E-state index is 0.0331. The Morgan fingerprint density at radius 3 is 2.61 bits per heavy atom. The van der Waals surface area contributed by atoms with Crippen molar-refractivity contribution in [2.75, 3.05) is 20.1 Å². The normalized spacial score (nSPS) is 10.6. The SMILES string of the molecule is CN(CCCNC(=O)c1nc2ccccc2c(=O)[nH]1)C(=O)c1ccc(Cl)cc1. The number of hydrogen-bond donors (Lipinski definition) is 2. The third kappa shape index (κ3) is 4.55. The lowest BCUT2D eigenvalue weighted by molar-refractivity contribution is 0.0793.